The van der Waals surface area contributed by atoms with Crippen molar-refractivity contribution in [2.75, 3.05) is 32.8 Å². The van der Waals surface area contributed by atoms with Crippen LogP contribution in [-0.2, 0) is 0 Å². The van der Waals surface area contributed by atoms with Gasteiger partial charge in [-0.25, -0.2) is 0 Å². The summed E-state index contributed by atoms with van der Waals surface area (Å²) in [6.45, 7) is 2.11. The molecule has 0 aromatic heterocycles. The number of nitrogens with one attached hydrogen (secondary N) is 2. The van der Waals surface area contributed by atoms with Gasteiger partial charge in [0.05, 0.1) is 35.9 Å². The third-order valence-electron chi connectivity index (χ3n) is 4.12. The number of nitro groups is 1. The van der Waals surface area contributed by atoms with Crippen LogP contribution in [0.15, 0.2) is 12.1 Å². The number of rotatable bonds is 4. The summed E-state index contributed by atoms with van der Waals surface area (Å²) in [7, 11) is 0. The van der Waals surface area contributed by atoms with E-state index in [1.54, 1.807) is 0 Å². The highest BCUT2D eigenvalue weighted by atomic mass is 16.6. The molecule has 1 amide bonds. The van der Waals surface area contributed by atoms with Gasteiger partial charge in [-0.15, -0.1) is 0 Å². The first-order valence-corrected chi connectivity index (χ1v) is 7.81. The molecule has 130 valence electrons. The Hall–Kier alpha value is -2.39. The quantitative estimate of drug-likeness (QED) is 0.524. The molecule has 1 saturated heterocycles. The van der Waals surface area contributed by atoms with Crippen molar-refractivity contribution >= 4 is 11.6 Å². The molecule has 1 aromatic rings. The van der Waals surface area contributed by atoms with Gasteiger partial charge in [0.1, 0.15) is 0 Å². The van der Waals surface area contributed by atoms with Crippen LogP contribution in [0.3, 0.4) is 0 Å². The summed E-state index contributed by atoms with van der Waals surface area (Å²) >= 11 is 0. The minimum Gasteiger partial charge on any atom is -0.489 e. The fourth-order valence-electron chi connectivity index (χ4n) is 2.78. The van der Waals surface area contributed by atoms with Crippen molar-refractivity contribution in [1.29, 1.82) is 0 Å². The zero-order valence-electron chi connectivity index (χ0n) is 13.0. The average molecular weight is 337 g/mol. The Balaban J connectivity index is 1.83. The summed E-state index contributed by atoms with van der Waals surface area (Å²) in [4.78, 5) is 23.0. The van der Waals surface area contributed by atoms with Crippen LogP contribution in [0.25, 0.3) is 0 Å². The van der Waals surface area contributed by atoms with Crippen LogP contribution in [0, 0.1) is 16.0 Å². The number of aliphatic hydroxyl groups is 1. The predicted octanol–water partition coefficient (Wildman–Crippen LogP) is 0.0662. The largest absolute Gasteiger partial charge is 0.489 e. The number of nitro benzene ring substituents is 1. The SMILES string of the molecule is O=C(NC[C@@H]1CNC[C@H]1O)c1cc([N+](=O)[O-])cc2c1OCCCO2. The first kappa shape index (κ1) is 16.5. The van der Waals surface area contributed by atoms with Crippen LogP contribution in [-0.4, -0.2) is 54.9 Å². The number of amides is 1. The first-order chi connectivity index (χ1) is 11.6. The molecule has 2 heterocycles. The molecule has 1 aromatic carbocycles. The number of non-ortho nitro benzene ring substituents is 1. The molecule has 2 aliphatic rings. The first-order valence-electron chi connectivity index (χ1n) is 7.81. The number of carbonyl (C=O) groups excluding carboxylic acids is 1. The molecular formula is C15H19N3O6. The zero-order chi connectivity index (χ0) is 17.1. The van der Waals surface area contributed by atoms with Crippen LogP contribution in [0.2, 0.25) is 0 Å². The molecule has 0 aliphatic carbocycles. The van der Waals surface area contributed by atoms with E-state index < -0.39 is 16.9 Å². The third-order valence-corrected chi connectivity index (χ3v) is 4.12. The lowest BCUT2D eigenvalue weighted by Gasteiger charge is -2.16. The number of benzene rings is 1. The molecule has 9 heteroatoms. The number of hydrogen-bond donors (Lipinski definition) is 3. The van der Waals surface area contributed by atoms with E-state index >= 15 is 0 Å². The van der Waals surface area contributed by atoms with Gasteiger partial charge in [0.15, 0.2) is 11.5 Å². The Bertz CT molecular complexity index is 650. The fraction of sp³-hybridized carbons (Fsp3) is 0.533. The van der Waals surface area contributed by atoms with Gasteiger partial charge in [-0.1, -0.05) is 0 Å². The molecule has 0 unspecified atom stereocenters. The second-order valence-electron chi connectivity index (χ2n) is 5.82. The molecule has 2 aliphatic heterocycles. The van der Waals surface area contributed by atoms with Gasteiger partial charge in [-0.2, -0.15) is 0 Å². The second-order valence-corrected chi connectivity index (χ2v) is 5.82. The van der Waals surface area contributed by atoms with Gasteiger partial charge in [0.2, 0.25) is 0 Å². The standard InChI is InChI=1S/C15H19N3O6/c19-12-8-16-6-9(12)7-17-15(20)11-4-10(18(21)22)5-13-14(11)24-3-1-2-23-13/h4-5,9,12,16,19H,1-3,6-8H2,(H,17,20)/t9-,12+/m0/s1. The minimum atomic E-state index is -0.573. The maximum atomic E-state index is 12.5. The van der Waals surface area contributed by atoms with E-state index in [0.29, 0.717) is 32.7 Å². The van der Waals surface area contributed by atoms with Crippen molar-refractivity contribution in [3.63, 3.8) is 0 Å². The third kappa shape index (κ3) is 3.41. The molecule has 9 nitrogen and oxygen atoms in total. The van der Waals surface area contributed by atoms with Gasteiger partial charge in [0.25, 0.3) is 11.6 Å². The molecule has 3 rings (SSSR count). The molecule has 0 spiro atoms. The molecule has 0 radical (unpaired) electrons. The lowest BCUT2D eigenvalue weighted by Crippen LogP contribution is -2.34. The van der Waals surface area contributed by atoms with Crippen LogP contribution < -0.4 is 20.1 Å². The lowest BCUT2D eigenvalue weighted by molar-refractivity contribution is -0.385. The van der Waals surface area contributed by atoms with E-state index in [-0.39, 0.29) is 35.2 Å². The van der Waals surface area contributed by atoms with Crippen LogP contribution in [0.5, 0.6) is 11.5 Å². The minimum absolute atomic E-state index is 0.0709. The normalized spacial score (nSPS) is 22.7. The van der Waals surface area contributed by atoms with Crippen molar-refractivity contribution in [2.24, 2.45) is 5.92 Å². The number of ether oxygens (including phenoxy) is 2. The van der Waals surface area contributed by atoms with Crippen molar-refractivity contribution < 1.29 is 24.3 Å². The highest BCUT2D eigenvalue weighted by Gasteiger charge is 2.28. The summed E-state index contributed by atoms with van der Waals surface area (Å²) in [5, 5.41) is 26.6. The van der Waals surface area contributed by atoms with Crippen LogP contribution >= 0.6 is 0 Å². The summed E-state index contributed by atoms with van der Waals surface area (Å²) in [6, 6.07) is 2.45. The van der Waals surface area contributed by atoms with Crippen molar-refractivity contribution in [2.45, 2.75) is 12.5 Å². The van der Waals surface area contributed by atoms with E-state index in [9.17, 15) is 20.0 Å². The lowest BCUT2D eigenvalue weighted by atomic mass is 10.1. The van der Waals surface area contributed by atoms with E-state index in [1.165, 1.54) is 12.1 Å². The number of carbonyl (C=O) groups is 1. The predicted molar refractivity (Wildman–Crippen MR) is 83.4 cm³/mol. The zero-order valence-corrected chi connectivity index (χ0v) is 13.0. The number of aliphatic hydroxyl groups excluding tert-OH is 1. The Morgan fingerprint density at radius 2 is 2.17 bits per heavy atom. The molecule has 3 N–H and O–H groups in total. The monoisotopic (exact) mass is 337 g/mol. The van der Waals surface area contributed by atoms with Crippen molar-refractivity contribution in [3.8, 4) is 11.5 Å². The molecule has 0 saturated carbocycles. The van der Waals surface area contributed by atoms with Gasteiger partial charge < -0.3 is 25.2 Å². The Labute approximate surface area is 138 Å². The maximum Gasteiger partial charge on any atom is 0.274 e. The maximum absolute atomic E-state index is 12.5. The highest BCUT2D eigenvalue weighted by Crippen LogP contribution is 2.37. The summed E-state index contributed by atoms with van der Waals surface area (Å²) in [5.41, 5.74) is -0.159. The number of nitrogens with zero attached hydrogens (tertiary/aromatic N) is 1. The Kier molecular flexibility index (Phi) is 4.81. The molecule has 24 heavy (non-hydrogen) atoms. The molecule has 2 atom stereocenters. The molecule has 1 fully saturated rings. The topological polar surface area (TPSA) is 123 Å². The van der Waals surface area contributed by atoms with E-state index in [4.69, 9.17) is 9.47 Å². The van der Waals surface area contributed by atoms with Gasteiger partial charge >= 0.3 is 0 Å². The number of fused-ring (bicyclic) bond motifs is 1. The van der Waals surface area contributed by atoms with Gasteiger partial charge in [-0.05, 0) is 0 Å². The summed E-state index contributed by atoms with van der Waals surface area (Å²) < 4.78 is 11.0. The molecule has 0 bridgehead atoms. The fourth-order valence-corrected chi connectivity index (χ4v) is 2.78. The van der Waals surface area contributed by atoms with Gasteiger partial charge in [0, 0.05) is 38.0 Å². The van der Waals surface area contributed by atoms with E-state index in [1.807, 2.05) is 0 Å². The highest BCUT2D eigenvalue weighted by molar-refractivity contribution is 5.98. The smallest absolute Gasteiger partial charge is 0.274 e. The Morgan fingerprint density at radius 1 is 1.38 bits per heavy atom. The van der Waals surface area contributed by atoms with Crippen LogP contribution in [0.4, 0.5) is 5.69 Å². The number of β-amino-alcohol motifs (C(OH)–C–C–N with tert-alkyl or cyclic N) is 1. The summed E-state index contributed by atoms with van der Waals surface area (Å²) in [6.07, 6.45) is 0.107. The Morgan fingerprint density at radius 3 is 2.88 bits per heavy atom. The van der Waals surface area contributed by atoms with Crippen LogP contribution in [0.1, 0.15) is 16.8 Å². The second kappa shape index (κ2) is 7.02. The van der Waals surface area contributed by atoms with Crippen molar-refractivity contribution in [1.82, 2.24) is 10.6 Å². The number of hydrogen-bond acceptors (Lipinski definition) is 7. The van der Waals surface area contributed by atoms with E-state index in [2.05, 4.69) is 10.6 Å². The summed E-state index contributed by atoms with van der Waals surface area (Å²) in [5.74, 6) is -0.155. The van der Waals surface area contributed by atoms with Gasteiger partial charge in [-0.3, -0.25) is 14.9 Å². The average Bonchev–Trinajstić information content (AvgIpc) is 2.83. The molecular weight excluding hydrogens is 318 g/mol. The van der Waals surface area contributed by atoms with E-state index in [0.717, 1.165) is 0 Å². The van der Waals surface area contributed by atoms with Crippen molar-refractivity contribution in [3.05, 3.63) is 27.8 Å².